The summed E-state index contributed by atoms with van der Waals surface area (Å²) >= 11 is 0. The first-order chi connectivity index (χ1) is 14.3. The number of aliphatic imine (C=N–C) groups is 1. The highest BCUT2D eigenvalue weighted by Gasteiger charge is 2.25. The van der Waals surface area contributed by atoms with Crippen molar-refractivity contribution in [3.8, 4) is 5.75 Å². The second-order valence-corrected chi connectivity index (χ2v) is 7.12. The van der Waals surface area contributed by atoms with Crippen molar-refractivity contribution in [3.05, 3.63) is 66.6 Å². The van der Waals surface area contributed by atoms with Gasteiger partial charge in [-0.3, -0.25) is 9.89 Å². The molecular formula is C23H32N4O2. The van der Waals surface area contributed by atoms with Crippen molar-refractivity contribution >= 4 is 5.96 Å². The Morgan fingerprint density at radius 1 is 1.24 bits per heavy atom. The van der Waals surface area contributed by atoms with Gasteiger partial charge in [0.2, 0.25) is 0 Å². The summed E-state index contributed by atoms with van der Waals surface area (Å²) in [7, 11) is 1.73. The standard InChI is InChI=1S/C23H32N4O2/c1-3-13-24-23(25-14-12-19-9-8-17-29-19)26-18-21(27-15-6-7-16-27)20-10-4-5-11-22(20)28-2/h3-5,8-11,17,21H,1,6-7,12-16,18H2,2H3,(H2,24,25,26). The Morgan fingerprint density at radius 3 is 2.79 bits per heavy atom. The van der Waals surface area contributed by atoms with Gasteiger partial charge in [-0.15, -0.1) is 6.58 Å². The van der Waals surface area contributed by atoms with Crippen molar-refractivity contribution in [1.82, 2.24) is 15.5 Å². The number of methoxy groups -OCH3 is 1. The Morgan fingerprint density at radius 2 is 2.07 bits per heavy atom. The van der Waals surface area contributed by atoms with E-state index in [1.165, 1.54) is 18.4 Å². The molecule has 6 heteroatoms. The molecule has 1 aliphatic heterocycles. The minimum absolute atomic E-state index is 0.195. The van der Waals surface area contributed by atoms with Crippen molar-refractivity contribution < 1.29 is 9.15 Å². The topological polar surface area (TPSA) is 62.0 Å². The third-order valence-electron chi connectivity index (χ3n) is 5.16. The van der Waals surface area contributed by atoms with E-state index < -0.39 is 0 Å². The molecule has 2 heterocycles. The molecule has 1 unspecified atom stereocenters. The van der Waals surface area contributed by atoms with Gasteiger partial charge in [0, 0.05) is 25.1 Å². The maximum absolute atomic E-state index is 5.63. The average molecular weight is 397 g/mol. The molecule has 1 fully saturated rings. The molecule has 29 heavy (non-hydrogen) atoms. The largest absolute Gasteiger partial charge is 0.496 e. The van der Waals surface area contributed by atoms with Crippen LogP contribution in [0.25, 0.3) is 0 Å². The Labute approximate surface area is 173 Å². The van der Waals surface area contributed by atoms with E-state index >= 15 is 0 Å². The molecule has 1 aromatic carbocycles. The monoisotopic (exact) mass is 396 g/mol. The Kier molecular flexibility index (Phi) is 8.19. The van der Waals surface area contributed by atoms with Crippen LogP contribution >= 0.6 is 0 Å². The Balaban J connectivity index is 1.71. The predicted octanol–water partition coefficient (Wildman–Crippen LogP) is 3.39. The van der Waals surface area contributed by atoms with Gasteiger partial charge in [-0.2, -0.15) is 0 Å². The normalized spacial score (nSPS) is 15.8. The number of benzene rings is 1. The van der Waals surface area contributed by atoms with Gasteiger partial charge in [-0.1, -0.05) is 24.3 Å². The summed E-state index contributed by atoms with van der Waals surface area (Å²) in [4.78, 5) is 7.40. The zero-order valence-electron chi connectivity index (χ0n) is 17.3. The summed E-state index contributed by atoms with van der Waals surface area (Å²) in [5.74, 6) is 2.67. The van der Waals surface area contributed by atoms with E-state index in [9.17, 15) is 0 Å². The van der Waals surface area contributed by atoms with E-state index in [4.69, 9.17) is 14.1 Å². The molecule has 2 aromatic rings. The highest BCUT2D eigenvalue weighted by molar-refractivity contribution is 5.80. The van der Waals surface area contributed by atoms with Crippen molar-refractivity contribution in [2.45, 2.75) is 25.3 Å². The molecule has 3 rings (SSSR count). The van der Waals surface area contributed by atoms with Crippen LogP contribution < -0.4 is 15.4 Å². The first kappa shape index (κ1) is 21.0. The van der Waals surface area contributed by atoms with E-state index in [1.807, 2.05) is 30.3 Å². The molecule has 6 nitrogen and oxygen atoms in total. The number of guanidine groups is 1. The van der Waals surface area contributed by atoms with Crippen LogP contribution in [0.1, 0.15) is 30.2 Å². The van der Waals surface area contributed by atoms with Gasteiger partial charge in [0.05, 0.1) is 26.0 Å². The van der Waals surface area contributed by atoms with Crippen molar-refractivity contribution in [3.63, 3.8) is 0 Å². The fourth-order valence-corrected chi connectivity index (χ4v) is 3.69. The highest BCUT2D eigenvalue weighted by atomic mass is 16.5. The van der Waals surface area contributed by atoms with Crippen LogP contribution in [-0.4, -0.2) is 50.7 Å². The van der Waals surface area contributed by atoms with Crippen LogP contribution in [0.15, 0.2) is 64.7 Å². The predicted molar refractivity (Wildman–Crippen MR) is 117 cm³/mol. The smallest absolute Gasteiger partial charge is 0.191 e. The summed E-state index contributed by atoms with van der Waals surface area (Å²) in [6, 6.07) is 12.4. The number of para-hydroxylation sites is 1. The maximum atomic E-state index is 5.63. The molecule has 1 atom stereocenters. The van der Waals surface area contributed by atoms with Gasteiger partial charge in [0.15, 0.2) is 5.96 Å². The molecule has 156 valence electrons. The molecule has 0 radical (unpaired) electrons. The zero-order chi connectivity index (χ0) is 20.3. The first-order valence-corrected chi connectivity index (χ1v) is 10.3. The molecule has 0 saturated carbocycles. The lowest BCUT2D eigenvalue weighted by Crippen LogP contribution is -2.39. The second kappa shape index (κ2) is 11.3. The Bertz CT molecular complexity index is 767. The molecular weight excluding hydrogens is 364 g/mol. The molecule has 0 spiro atoms. The summed E-state index contributed by atoms with van der Waals surface area (Å²) in [5, 5.41) is 6.72. The van der Waals surface area contributed by atoms with E-state index in [0.717, 1.165) is 43.5 Å². The van der Waals surface area contributed by atoms with Crippen LogP contribution in [0.3, 0.4) is 0 Å². The minimum atomic E-state index is 0.195. The van der Waals surface area contributed by atoms with Gasteiger partial charge >= 0.3 is 0 Å². The van der Waals surface area contributed by atoms with Gasteiger partial charge < -0.3 is 19.8 Å². The van der Waals surface area contributed by atoms with Crippen molar-refractivity contribution in [2.24, 2.45) is 4.99 Å². The Hall–Kier alpha value is -2.73. The molecule has 2 N–H and O–H groups in total. The second-order valence-electron chi connectivity index (χ2n) is 7.12. The van der Waals surface area contributed by atoms with E-state index in [1.54, 1.807) is 13.4 Å². The van der Waals surface area contributed by atoms with E-state index in [2.05, 4.69) is 34.2 Å². The van der Waals surface area contributed by atoms with Crippen LogP contribution in [-0.2, 0) is 6.42 Å². The lowest BCUT2D eigenvalue weighted by Gasteiger charge is -2.28. The fourth-order valence-electron chi connectivity index (χ4n) is 3.69. The third-order valence-corrected chi connectivity index (χ3v) is 5.16. The zero-order valence-corrected chi connectivity index (χ0v) is 17.3. The van der Waals surface area contributed by atoms with Crippen molar-refractivity contribution in [1.29, 1.82) is 0 Å². The summed E-state index contributed by atoms with van der Waals surface area (Å²) in [6.45, 7) is 8.06. The van der Waals surface area contributed by atoms with Gasteiger partial charge in [-0.25, -0.2) is 0 Å². The van der Waals surface area contributed by atoms with Gasteiger partial charge in [0.25, 0.3) is 0 Å². The molecule has 0 aliphatic carbocycles. The number of nitrogens with zero attached hydrogens (tertiary/aromatic N) is 2. The van der Waals surface area contributed by atoms with Crippen LogP contribution in [0.2, 0.25) is 0 Å². The molecule has 1 saturated heterocycles. The summed E-state index contributed by atoms with van der Waals surface area (Å²) < 4.78 is 11.0. The molecule has 1 aliphatic rings. The number of ether oxygens (including phenoxy) is 1. The highest BCUT2D eigenvalue weighted by Crippen LogP contribution is 2.31. The van der Waals surface area contributed by atoms with Crippen LogP contribution in [0, 0.1) is 0 Å². The third kappa shape index (κ3) is 6.12. The van der Waals surface area contributed by atoms with Crippen LogP contribution in [0.4, 0.5) is 0 Å². The molecule has 1 aromatic heterocycles. The van der Waals surface area contributed by atoms with E-state index in [0.29, 0.717) is 13.1 Å². The summed E-state index contributed by atoms with van der Waals surface area (Å²) in [5.41, 5.74) is 1.19. The number of likely N-dealkylation sites (tertiary alicyclic amines) is 1. The van der Waals surface area contributed by atoms with E-state index in [-0.39, 0.29) is 6.04 Å². The average Bonchev–Trinajstić information content (AvgIpc) is 3.46. The SMILES string of the molecule is C=CCNC(=NCC(c1ccccc1OC)N1CCCC1)NCCc1ccco1. The number of furan rings is 1. The maximum Gasteiger partial charge on any atom is 0.191 e. The number of hydrogen-bond acceptors (Lipinski definition) is 4. The summed E-state index contributed by atoms with van der Waals surface area (Å²) in [6.07, 6.45) is 6.82. The van der Waals surface area contributed by atoms with Gasteiger partial charge in [0.1, 0.15) is 11.5 Å². The molecule has 0 bridgehead atoms. The molecule has 0 amide bonds. The lowest BCUT2D eigenvalue weighted by atomic mass is 10.0. The number of nitrogens with one attached hydrogen (secondary N) is 2. The quantitative estimate of drug-likeness (QED) is 0.366. The van der Waals surface area contributed by atoms with Crippen LogP contribution in [0.5, 0.6) is 5.75 Å². The minimum Gasteiger partial charge on any atom is -0.496 e. The lowest BCUT2D eigenvalue weighted by molar-refractivity contribution is 0.245. The number of rotatable bonds is 10. The fraction of sp³-hybridized carbons (Fsp3) is 0.435. The van der Waals surface area contributed by atoms with Crippen molar-refractivity contribution in [2.75, 3.05) is 39.8 Å². The first-order valence-electron chi connectivity index (χ1n) is 10.3. The number of hydrogen-bond donors (Lipinski definition) is 2. The van der Waals surface area contributed by atoms with Gasteiger partial charge in [-0.05, 0) is 44.1 Å².